The third-order valence-corrected chi connectivity index (χ3v) is 3.98. The minimum absolute atomic E-state index is 0.168. The molecule has 0 spiro atoms. The molecule has 24 heavy (non-hydrogen) atoms. The Hall–Kier alpha value is -2.73. The summed E-state index contributed by atoms with van der Waals surface area (Å²) >= 11 is 6.12. The number of hydrogen-bond donors (Lipinski definition) is 2. The van der Waals surface area contributed by atoms with E-state index in [2.05, 4.69) is 15.6 Å². The van der Waals surface area contributed by atoms with Crippen LogP contribution in [0.4, 0.5) is 5.69 Å². The van der Waals surface area contributed by atoms with E-state index in [0.717, 1.165) is 11.3 Å². The molecule has 2 aromatic carbocycles. The molecule has 0 saturated heterocycles. The van der Waals surface area contributed by atoms with E-state index in [1.165, 1.54) is 0 Å². The van der Waals surface area contributed by atoms with Crippen molar-refractivity contribution in [1.82, 2.24) is 14.9 Å². The normalized spacial score (nSPS) is 12.0. The third kappa shape index (κ3) is 3.44. The first-order chi connectivity index (χ1) is 11.5. The minimum Gasteiger partial charge on any atom is -0.508 e. The fraction of sp³-hybridized carbons (Fsp3) is 0.176. The Morgan fingerprint density at radius 2 is 1.75 bits per heavy atom. The molecule has 0 aliphatic carbocycles. The van der Waals surface area contributed by atoms with Crippen molar-refractivity contribution in [2.75, 3.05) is 24.4 Å². The van der Waals surface area contributed by atoms with Crippen molar-refractivity contribution in [3.8, 4) is 5.75 Å². The van der Waals surface area contributed by atoms with Crippen molar-refractivity contribution in [2.24, 2.45) is 0 Å². The van der Waals surface area contributed by atoms with Gasteiger partial charge in [-0.05, 0) is 35.9 Å². The lowest BCUT2D eigenvalue weighted by Gasteiger charge is -2.23. The van der Waals surface area contributed by atoms with Gasteiger partial charge in [-0.1, -0.05) is 23.7 Å². The predicted molar refractivity (Wildman–Crippen MR) is 95.1 cm³/mol. The van der Waals surface area contributed by atoms with Gasteiger partial charge in [0.25, 0.3) is 0 Å². The minimum atomic E-state index is -0.309. The van der Waals surface area contributed by atoms with Crippen molar-refractivity contribution >= 4 is 17.3 Å². The highest BCUT2D eigenvalue weighted by Gasteiger charge is 2.19. The zero-order chi connectivity index (χ0) is 17.1. The highest BCUT2D eigenvalue weighted by atomic mass is 35.5. The molecule has 0 amide bonds. The van der Waals surface area contributed by atoms with Crippen molar-refractivity contribution in [1.29, 1.82) is 0 Å². The molecule has 1 atom stereocenters. The fourth-order valence-corrected chi connectivity index (χ4v) is 2.64. The summed E-state index contributed by atoms with van der Waals surface area (Å²) < 4.78 is 1.64. The van der Waals surface area contributed by atoms with Crippen LogP contribution in [0.15, 0.2) is 55.1 Å². The first-order valence-electron chi connectivity index (χ1n) is 7.41. The quantitative estimate of drug-likeness (QED) is 0.745. The van der Waals surface area contributed by atoms with Crippen LogP contribution in [0.3, 0.4) is 0 Å². The van der Waals surface area contributed by atoms with E-state index >= 15 is 0 Å². The number of phenols is 1. The zero-order valence-electron chi connectivity index (χ0n) is 13.4. The number of hydrogen-bond acceptors (Lipinski definition) is 5. The second kappa shape index (κ2) is 6.80. The molecule has 0 radical (unpaired) electrons. The number of benzene rings is 2. The summed E-state index contributed by atoms with van der Waals surface area (Å²) in [6.07, 6.45) is 3.12. The molecule has 1 aromatic heterocycles. The summed E-state index contributed by atoms with van der Waals surface area (Å²) in [7, 11) is 3.98. The van der Waals surface area contributed by atoms with Crippen molar-refractivity contribution in [2.45, 2.75) is 6.04 Å². The van der Waals surface area contributed by atoms with Crippen LogP contribution in [0.1, 0.15) is 17.2 Å². The number of phenolic OH excluding ortho intramolecular Hbond substituents is 1. The first kappa shape index (κ1) is 16.1. The van der Waals surface area contributed by atoms with E-state index in [1.54, 1.807) is 35.5 Å². The molecule has 0 bridgehead atoms. The molecule has 0 aliphatic heterocycles. The maximum absolute atomic E-state index is 10.3. The van der Waals surface area contributed by atoms with E-state index in [0.29, 0.717) is 10.6 Å². The highest BCUT2D eigenvalue weighted by molar-refractivity contribution is 6.30. The van der Waals surface area contributed by atoms with Crippen molar-refractivity contribution in [3.63, 3.8) is 0 Å². The van der Waals surface area contributed by atoms with Gasteiger partial charge in [0.2, 0.25) is 0 Å². The van der Waals surface area contributed by atoms with Crippen LogP contribution in [-0.4, -0.2) is 34.1 Å². The molecular formula is C17H18ClN5O. The molecule has 3 rings (SSSR count). The molecule has 1 heterocycles. The Kier molecular flexibility index (Phi) is 4.57. The topological polar surface area (TPSA) is 66.2 Å². The molecule has 0 aliphatic rings. The van der Waals surface area contributed by atoms with Crippen LogP contribution in [0.25, 0.3) is 0 Å². The SMILES string of the molecule is CN(C)c1ccc(C(Nn2cnnc2)c2cc(Cl)ccc2O)cc1. The lowest BCUT2D eigenvalue weighted by atomic mass is 9.98. The Morgan fingerprint density at radius 1 is 1.08 bits per heavy atom. The predicted octanol–water partition coefficient (Wildman–Crippen LogP) is 3.04. The van der Waals surface area contributed by atoms with Gasteiger partial charge in [0.1, 0.15) is 18.4 Å². The van der Waals surface area contributed by atoms with Gasteiger partial charge < -0.3 is 15.4 Å². The molecule has 124 valence electrons. The van der Waals surface area contributed by atoms with Gasteiger partial charge in [0.15, 0.2) is 0 Å². The molecular weight excluding hydrogens is 326 g/mol. The molecule has 0 saturated carbocycles. The summed E-state index contributed by atoms with van der Waals surface area (Å²) in [5.41, 5.74) is 6.02. The number of anilines is 1. The fourth-order valence-electron chi connectivity index (χ4n) is 2.46. The zero-order valence-corrected chi connectivity index (χ0v) is 14.1. The number of aromatic hydroxyl groups is 1. The van der Waals surface area contributed by atoms with Gasteiger partial charge in [-0.15, -0.1) is 10.2 Å². The number of nitrogens with one attached hydrogen (secondary N) is 1. The maximum Gasteiger partial charge on any atom is 0.138 e. The maximum atomic E-state index is 10.3. The van der Waals surface area contributed by atoms with Crippen LogP contribution in [0, 0.1) is 0 Å². The highest BCUT2D eigenvalue weighted by Crippen LogP contribution is 2.33. The van der Waals surface area contributed by atoms with Crippen molar-refractivity contribution in [3.05, 3.63) is 71.3 Å². The Labute approximate surface area is 145 Å². The Morgan fingerprint density at radius 3 is 2.38 bits per heavy atom. The summed E-state index contributed by atoms with van der Waals surface area (Å²) in [6.45, 7) is 0. The summed E-state index contributed by atoms with van der Waals surface area (Å²) in [4.78, 5) is 2.03. The second-order valence-corrected chi connectivity index (χ2v) is 6.06. The van der Waals surface area contributed by atoms with Gasteiger partial charge in [-0.2, -0.15) is 0 Å². The lowest BCUT2D eigenvalue weighted by molar-refractivity contribution is 0.465. The summed E-state index contributed by atoms with van der Waals surface area (Å²) in [5, 5.41) is 18.4. The molecule has 3 aromatic rings. The monoisotopic (exact) mass is 343 g/mol. The molecule has 0 fully saturated rings. The van der Waals surface area contributed by atoms with E-state index in [9.17, 15) is 5.11 Å². The largest absolute Gasteiger partial charge is 0.508 e. The van der Waals surface area contributed by atoms with Crippen LogP contribution >= 0.6 is 11.6 Å². The van der Waals surface area contributed by atoms with Crippen LogP contribution in [0.2, 0.25) is 5.02 Å². The van der Waals surface area contributed by atoms with E-state index in [4.69, 9.17) is 11.6 Å². The molecule has 6 nitrogen and oxygen atoms in total. The van der Waals surface area contributed by atoms with Gasteiger partial charge in [0, 0.05) is 30.4 Å². The molecule has 1 unspecified atom stereocenters. The summed E-state index contributed by atoms with van der Waals surface area (Å²) in [6, 6.07) is 12.8. The first-order valence-corrected chi connectivity index (χ1v) is 7.79. The van der Waals surface area contributed by atoms with E-state index < -0.39 is 0 Å². The lowest BCUT2D eigenvalue weighted by Crippen LogP contribution is -2.21. The summed E-state index contributed by atoms with van der Waals surface area (Å²) in [5.74, 6) is 0.168. The average molecular weight is 344 g/mol. The number of halogens is 1. The van der Waals surface area contributed by atoms with Gasteiger partial charge >= 0.3 is 0 Å². The third-order valence-electron chi connectivity index (χ3n) is 3.74. The van der Waals surface area contributed by atoms with Gasteiger partial charge in [-0.3, -0.25) is 0 Å². The number of rotatable bonds is 5. The standard InChI is InChI=1S/C17H18ClN5O/c1-22(2)14-6-3-12(4-7-14)17(21-23-10-19-20-11-23)15-9-13(18)5-8-16(15)24/h3-11,17,21,24H,1-2H3. The number of aromatic nitrogens is 3. The Balaban J connectivity index is 2.02. The second-order valence-electron chi connectivity index (χ2n) is 5.62. The smallest absolute Gasteiger partial charge is 0.138 e. The average Bonchev–Trinajstić information content (AvgIpc) is 3.08. The van der Waals surface area contributed by atoms with Crippen LogP contribution < -0.4 is 10.3 Å². The van der Waals surface area contributed by atoms with Crippen LogP contribution in [0.5, 0.6) is 5.75 Å². The van der Waals surface area contributed by atoms with Gasteiger partial charge in [-0.25, -0.2) is 4.68 Å². The molecule has 2 N–H and O–H groups in total. The van der Waals surface area contributed by atoms with Crippen LogP contribution in [-0.2, 0) is 0 Å². The van der Waals surface area contributed by atoms with Gasteiger partial charge in [0.05, 0.1) is 6.04 Å². The number of nitrogens with zero attached hydrogens (tertiary/aromatic N) is 4. The molecule has 7 heteroatoms. The van der Waals surface area contributed by atoms with E-state index in [1.807, 2.05) is 43.3 Å². The Bertz CT molecular complexity index is 802. The van der Waals surface area contributed by atoms with Crippen molar-refractivity contribution < 1.29 is 5.11 Å². The van der Waals surface area contributed by atoms with E-state index in [-0.39, 0.29) is 11.8 Å².